The Bertz CT molecular complexity index is 1870. The van der Waals surface area contributed by atoms with Gasteiger partial charge in [0.15, 0.2) is 11.5 Å². The van der Waals surface area contributed by atoms with Crippen molar-refractivity contribution in [3.63, 3.8) is 0 Å². The quantitative estimate of drug-likeness (QED) is 0.154. The number of carbonyl (C=O) groups excluding carboxylic acids is 2. The number of aromatic nitrogens is 2. The lowest BCUT2D eigenvalue weighted by molar-refractivity contribution is 0.0296. The second-order valence-electron chi connectivity index (χ2n) is 12.5. The molecule has 2 aromatic heterocycles. The molecule has 3 saturated heterocycles. The van der Waals surface area contributed by atoms with E-state index in [2.05, 4.69) is 14.9 Å². The van der Waals surface area contributed by atoms with E-state index in [9.17, 15) is 14.0 Å². The third-order valence-electron chi connectivity index (χ3n) is 9.71. The molecule has 1 aliphatic carbocycles. The van der Waals surface area contributed by atoms with Crippen LogP contribution in [0, 0.1) is 17.7 Å². The summed E-state index contributed by atoms with van der Waals surface area (Å²) in [5, 5.41) is 0.675. The number of benzene rings is 2. The molecule has 8 rings (SSSR count). The van der Waals surface area contributed by atoms with Gasteiger partial charge in [0.05, 0.1) is 54.5 Å². The van der Waals surface area contributed by atoms with Crippen LogP contribution in [0.25, 0.3) is 0 Å². The zero-order valence-corrected chi connectivity index (χ0v) is 28.3. The Labute approximate surface area is 292 Å². The Hall–Kier alpha value is -4.45. The van der Waals surface area contributed by atoms with Crippen LogP contribution in [0.5, 0.6) is 11.5 Å². The van der Waals surface area contributed by atoms with Crippen molar-refractivity contribution >= 4 is 41.0 Å². The first-order valence-electron chi connectivity index (χ1n) is 15.8. The molecule has 2 aromatic carbocycles. The highest BCUT2D eigenvalue weighted by molar-refractivity contribution is 6.35. The molecule has 49 heavy (non-hydrogen) atoms. The first-order chi connectivity index (χ1) is 23.7. The van der Waals surface area contributed by atoms with Gasteiger partial charge in [-0.3, -0.25) is 19.8 Å². The van der Waals surface area contributed by atoms with Crippen molar-refractivity contribution in [3.8, 4) is 11.5 Å². The van der Waals surface area contributed by atoms with E-state index in [-0.39, 0.29) is 24.2 Å². The number of rotatable bonds is 11. The fraction of sp³-hybridized carbons (Fsp3) is 0.333. The maximum atomic E-state index is 14.2. The van der Waals surface area contributed by atoms with Crippen LogP contribution in [0.2, 0.25) is 10.0 Å². The molecule has 0 N–H and O–H groups in total. The number of nitrogens with zero attached hydrogens (tertiary/aromatic N) is 4. The van der Waals surface area contributed by atoms with Gasteiger partial charge in [-0.05, 0) is 53.9 Å². The Morgan fingerprint density at radius 3 is 2.35 bits per heavy atom. The number of pyridine rings is 2. The summed E-state index contributed by atoms with van der Waals surface area (Å²) < 4.78 is 37.3. The molecule has 0 spiro atoms. The lowest BCUT2D eigenvalue weighted by Crippen LogP contribution is -2.42. The standard InChI is InChI=1S/C36H33Cl2FN4O6/c1-46-31-8-7-23(11-33(31)47-2)32(13-26-29(37)16-41-17-30(26)38)48-34(44)22-5-3-21(4-6-22)18-43(25-12-24(39)14-40-15-25)35(45)49-36-20-42-10-9-27(36)28(36)19-42/h3-8,11-12,14-17,27-28,32H,9-10,13,18-20H2,1-2H3/t27?,28?,32-,36+/m0/s1. The summed E-state index contributed by atoms with van der Waals surface area (Å²) >= 11 is 12.9. The summed E-state index contributed by atoms with van der Waals surface area (Å²) in [6.45, 7) is 2.76. The summed E-state index contributed by atoms with van der Waals surface area (Å²) in [5.74, 6) is 0.528. The second-order valence-corrected chi connectivity index (χ2v) is 13.3. The van der Waals surface area contributed by atoms with E-state index < -0.39 is 29.6 Å². The Kier molecular flexibility index (Phi) is 9.08. The van der Waals surface area contributed by atoms with Crippen molar-refractivity contribution in [3.05, 3.63) is 111 Å². The van der Waals surface area contributed by atoms with Crippen LogP contribution in [-0.2, 0) is 22.4 Å². The normalized spacial score (nSPS) is 22.2. The number of halogens is 3. The molecule has 0 radical (unpaired) electrons. The van der Waals surface area contributed by atoms with Crippen LogP contribution in [-0.4, -0.2) is 66.4 Å². The van der Waals surface area contributed by atoms with Gasteiger partial charge in [-0.2, -0.15) is 0 Å². The van der Waals surface area contributed by atoms with E-state index in [0.717, 1.165) is 32.3 Å². The van der Waals surface area contributed by atoms with Crippen LogP contribution in [0.4, 0.5) is 14.9 Å². The van der Waals surface area contributed by atoms with Gasteiger partial charge in [0.2, 0.25) is 0 Å². The Balaban J connectivity index is 1.10. The van der Waals surface area contributed by atoms with Crippen molar-refractivity contribution < 1.29 is 32.9 Å². The first kappa shape index (κ1) is 33.1. The molecule has 3 aliphatic heterocycles. The predicted octanol–water partition coefficient (Wildman–Crippen LogP) is 6.93. The van der Waals surface area contributed by atoms with Gasteiger partial charge in [-0.25, -0.2) is 14.0 Å². The number of esters is 1. The van der Waals surface area contributed by atoms with Crippen molar-refractivity contribution in [1.82, 2.24) is 14.9 Å². The van der Waals surface area contributed by atoms with Gasteiger partial charge in [-0.1, -0.05) is 41.4 Å². The van der Waals surface area contributed by atoms with E-state index in [1.165, 1.54) is 43.8 Å². The highest BCUT2D eigenvalue weighted by Gasteiger charge is 2.74. The minimum Gasteiger partial charge on any atom is -0.493 e. The maximum Gasteiger partial charge on any atom is 0.415 e. The van der Waals surface area contributed by atoms with Gasteiger partial charge in [0.25, 0.3) is 0 Å². The number of methoxy groups -OCH3 is 2. The van der Waals surface area contributed by atoms with Crippen LogP contribution in [0.3, 0.4) is 0 Å². The van der Waals surface area contributed by atoms with E-state index >= 15 is 0 Å². The Morgan fingerprint density at radius 1 is 0.980 bits per heavy atom. The minimum absolute atomic E-state index is 0.0712. The molecule has 1 amide bonds. The lowest BCUT2D eigenvalue weighted by atomic mass is 10.0. The lowest BCUT2D eigenvalue weighted by Gasteiger charge is -2.31. The summed E-state index contributed by atoms with van der Waals surface area (Å²) in [4.78, 5) is 38.9. The molecule has 4 aromatic rings. The number of ether oxygens (including phenoxy) is 4. The second kappa shape index (κ2) is 13.5. The van der Waals surface area contributed by atoms with Crippen molar-refractivity contribution in [2.24, 2.45) is 11.8 Å². The number of carbonyl (C=O) groups is 2. The molecule has 4 aliphatic rings. The smallest absolute Gasteiger partial charge is 0.415 e. The van der Waals surface area contributed by atoms with E-state index in [1.807, 2.05) is 0 Å². The molecule has 10 nitrogen and oxygen atoms in total. The zero-order valence-electron chi connectivity index (χ0n) is 26.8. The third-order valence-corrected chi connectivity index (χ3v) is 10.4. The van der Waals surface area contributed by atoms with Gasteiger partial charge in [0, 0.05) is 49.8 Å². The monoisotopic (exact) mass is 706 g/mol. The molecule has 1 saturated carbocycles. The largest absolute Gasteiger partial charge is 0.493 e. The molecule has 13 heteroatoms. The summed E-state index contributed by atoms with van der Waals surface area (Å²) in [5.41, 5.74) is 1.96. The molecule has 4 fully saturated rings. The number of amides is 1. The molecule has 3 unspecified atom stereocenters. The average Bonchev–Trinajstić information content (AvgIpc) is 3.60. The highest BCUT2D eigenvalue weighted by Crippen LogP contribution is 2.63. The molecular formula is C36H33Cl2FN4O6. The fourth-order valence-electron chi connectivity index (χ4n) is 7.16. The number of hydrogen-bond acceptors (Lipinski definition) is 9. The van der Waals surface area contributed by atoms with Gasteiger partial charge >= 0.3 is 12.1 Å². The topological polar surface area (TPSA) is 103 Å². The van der Waals surface area contributed by atoms with Crippen LogP contribution in [0.1, 0.15) is 39.6 Å². The van der Waals surface area contributed by atoms with Crippen molar-refractivity contribution in [2.45, 2.75) is 31.1 Å². The molecule has 5 atom stereocenters. The molecule has 5 heterocycles. The summed E-state index contributed by atoms with van der Waals surface area (Å²) in [6, 6.07) is 13.1. The number of hydrogen-bond donors (Lipinski definition) is 0. The van der Waals surface area contributed by atoms with Crippen LogP contribution in [0.15, 0.2) is 73.3 Å². The predicted molar refractivity (Wildman–Crippen MR) is 180 cm³/mol. The van der Waals surface area contributed by atoms with Crippen molar-refractivity contribution in [2.75, 3.05) is 38.8 Å². The molecule has 254 valence electrons. The zero-order chi connectivity index (χ0) is 34.3. The highest BCUT2D eigenvalue weighted by atomic mass is 35.5. The molecule has 4 bridgehead atoms. The van der Waals surface area contributed by atoms with Gasteiger partial charge < -0.3 is 18.9 Å². The summed E-state index contributed by atoms with van der Waals surface area (Å²) in [6.07, 6.45) is 5.28. The van der Waals surface area contributed by atoms with E-state index in [4.69, 9.17) is 42.1 Å². The maximum absolute atomic E-state index is 14.2. The first-order valence-corrected chi connectivity index (χ1v) is 16.6. The van der Waals surface area contributed by atoms with E-state index in [1.54, 1.807) is 42.5 Å². The number of piperidine rings is 3. The molecular weight excluding hydrogens is 674 g/mol. The number of anilines is 1. The van der Waals surface area contributed by atoms with Gasteiger partial charge in [0.1, 0.15) is 17.5 Å². The summed E-state index contributed by atoms with van der Waals surface area (Å²) in [7, 11) is 3.05. The van der Waals surface area contributed by atoms with Crippen LogP contribution < -0.4 is 14.4 Å². The van der Waals surface area contributed by atoms with Gasteiger partial charge in [-0.15, -0.1) is 0 Å². The minimum atomic E-state index is -0.803. The third kappa shape index (κ3) is 6.50. The average molecular weight is 708 g/mol. The number of fused-ring (bicyclic) bond motifs is 1. The van der Waals surface area contributed by atoms with Crippen LogP contribution >= 0.6 is 23.2 Å². The van der Waals surface area contributed by atoms with E-state index in [0.29, 0.717) is 50.1 Å². The van der Waals surface area contributed by atoms with Crippen molar-refractivity contribution in [1.29, 1.82) is 0 Å². The SMILES string of the molecule is COc1ccc([C@H](Cc2c(Cl)cncc2Cl)OC(=O)c2ccc(CN(C(=O)O[C@]34CN5CCC3C4C5)c3cncc(F)c3)cc2)cc1OC. The fourth-order valence-corrected chi connectivity index (χ4v) is 7.68. The Morgan fingerprint density at radius 2 is 1.71 bits per heavy atom.